The monoisotopic (exact) mass is 291 g/mol. The molecule has 4 heteroatoms. The Morgan fingerprint density at radius 1 is 1.43 bits per heavy atom. The fourth-order valence-electron chi connectivity index (χ4n) is 2.69. The fraction of sp³-hybridized carbons (Fsp3) is 0.588. The zero-order chi connectivity index (χ0) is 15.6. The van der Waals surface area contributed by atoms with E-state index in [2.05, 4.69) is 20.8 Å². The zero-order valence-electron chi connectivity index (χ0n) is 13.3. The lowest BCUT2D eigenvalue weighted by Gasteiger charge is -2.27. The summed E-state index contributed by atoms with van der Waals surface area (Å²) in [6, 6.07) is 7.36. The summed E-state index contributed by atoms with van der Waals surface area (Å²) in [6.07, 6.45) is -0.100. The fourth-order valence-corrected chi connectivity index (χ4v) is 2.69. The molecular formula is C17H25NO3. The van der Waals surface area contributed by atoms with E-state index in [0.29, 0.717) is 24.6 Å². The van der Waals surface area contributed by atoms with Crippen LogP contribution in [0.25, 0.3) is 0 Å². The van der Waals surface area contributed by atoms with Crippen molar-refractivity contribution in [2.45, 2.75) is 33.3 Å². The van der Waals surface area contributed by atoms with Gasteiger partial charge in [-0.2, -0.15) is 0 Å². The van der Waals surface area contributed by atoms with E-state index >= 15 is 0 Å². The Hall–Kier alpha value is -1.55. The second kappa shape index (κ2) is 6.06. The molecule has 116 valence electrons. The molecule has 1 aliphatic heterocycles. The van der Waals surface area contributed by atoms with Gasteiger partial charge >= 0.3 is 0 Å². The van der Waals surface area contributed by atoms with E-state index in [9.17, 15) is 9.90 Å². The molecule has 2 unspecified atom stereocenters. The maximum absolute atomic E-state index is 12.1. The van der Waals surface area contributed by atoms with Gasteiger partial charge in [-0.15, -0.1) is 0 Å². The van der Waals surface area contributed by atoms with Crippen molar-refractivity contribution in [1.29, 1.82) is 0 Å². The molecular weight excluding hydrogens is 266 g/mol. The Morgan fingerprint density at radius 3 is 2.71 bits per heavy atom. The summed E-state index contributed by atoms with van der Waals surface area (Å²) < 4.78 is 5.17. The highest BCUT2D eigenvalue weighted by Gasteiger charge is 2.37. The molecule has 0 bridgehead atoms. The van der Waals surface area contributed by atoms with Crippen molar-refractivity contribution in [3.05, 3.63) is 29.8 Å². The van der Waals surface area contributed by atoms with Crippen molar-refractivity contribution in [3.8, 4) is 5.75 Å². The topological polar surface area (TPSA) is 49.8 Å². The highest BCUT2D eigenvalue weighted by molar-refractivity contribution is 5.78. The van der Waals surface area contributed by atoms with Crippen LogP contribution in [0.2, 0.25) is 0 Å². The molecule has 0 aliphatic carbocycles. The smallest absolute Gasteiger partial charge is 0.223 e. The molecule has 2 atom stereocenters. The number of carbonyl (C=O) groups is 1. The van der Waals surface area contributed by atoms with E-state index in [4.69, 9.17) is 4.74 Å². The Balaban J connectivity index is 2.02. The van der Waals surface area contributed by atoms with E-state index in [1.807, 2.05) is 24.3 Å². The Labute approximate surface area is 126 Å². The second-order valence-corrected chi connectivity index (χ2v) is 6.86. The first kappa shape index (κ1) is 15.8. The minimum atomic E-state index is -0.678. The van der Waals surface area contributed by atoms with Crippen LogP contribution in [0.1, 0.15) is 38.9 Å². The number of β-amino-alcohol motifs (C(OH)–C–C–N with tert-alkyl or cyclic N) is 1. The maximum Gasteiger partial charge on any atom is 0.223 e. The van der Waals surface area contributed by atoms with E-state index in [-0.39, 0.29) is 11.3 Å². The number of hydrogen-bond donors (Lipinski definition) is 1. The molecule has 1 aromatic rings. The molecule has 2 rings (SSSR count). The number of aliphatic hydroxyl groups excluding tert-OH is 1. The van der Waals surface area contributed by atoms with Gasteiger partial charge < -0.3 is 14.7 Å². The summed E-state index contributed by atoms with van der Waals surface area (Å²) in [5, 5.41) is 10.4. The van der Waals surface area contributed by atoms with Gasteiger partial charge in [-0.25, -0.2) is 0 Å². The van der Waals surface area contributed by atoms with Gasteiger partial charge in [0, 0.05) is 13.0 Å². The SMILES string of the molecule is COc1cccc(C(O)CN2CC(C(C)(C)C)CC2=O)c1. The number of nitrogens with zero attached hydrogens (tertiary/aromatic N) is 1. The zero-order valence-corrected chi connectivity index (χ0v) is 13.3. The lowest BCUT2D eigenvalue weighted by atomic mass is 9.80. The van der Waals surface area contributed by atoms with E-state index in [1.54, 1.807) is 12.0 Å². The van der Waals surface area contributed by atoms with Crippen molar-refractivity contribution in [2.75, 3.05) is 20.2 Å². The van der Waals surface area contributed by atoms with Crippen LogP contribution in [0.15, 0.2) is 24.3 Å². The maximum atomic E-state index is 12.1. The number of amides is 1. The molecule has 1 heterocycles. The van der Waals surface area contributed by atoms with E-state index in [1.165, 1.54) is 0 Å². The standard InChI is InChI=1S/C17H25NO3/c1-17(2,3)13-9-16(20)18(10-13)11-15(19)12-6-5-7-14(8-12)21-4/h5-8,13,15,19H,9-11H2,1-4H3. The van der Waals surface area contributed by atoms with Crippen LogP contribution in [0.3, 0.4) is 0 Å². The van der Waals surface area contributed by atoms with Crippen molar-refractivity contribution in [2.24, 2.45) is 11.3 Å². The number of aliphatic hydroxyl groups is 1. The number of carbonyl (C=O) groups excluding carboxylic acids is 1. The number of hydrogen-bond acceptors (Lipinski definition) is 3. The van der Waals surface area contributed by atoms with Crippen LogP contribution in [0.5, 0.6) is 5.75 Å². The summed E-state index contributed by atoms with van der Waals surface area (Å²) >= 11 is 0. The molecule has 4 nitrogen and oxygen atoms in total. The highest BCUT2D eigenvalue weighted by atomic mass is 16.5. The van der Waals surface area contributed by atoms with Crippen molar-refractivity contribution in [3.63, 3.8) is 0 Å². The van der Waals surface area contributed by atoms with Gasteiger partial charge in [0.25, 0.3) is 0 Å². The predicted octanol–water partition coefficient (Wildman–Crippen LogP) is 2.62. The second-order valence-electron chi connectivity index (χ2n) is 6.86. The van der Waals surface area contributed by atoms with Crippen LogP contribution < -0.4 is 4.74 Å². The normalized spacial score (nSPS) is 20.7. The van der Waals surface area contributed by atoms with Crippen LogP contribution in [0, 0.1) is 11.3 Å². The van der Waals surface area contributed by atoms with Gasteiger partial charge in [0.2, 0.25) is 5.91 Å². The average Bonchev–Trinajstić information content (AvgIpc) is 2.80. The summed E-state index contributed by atoms with van der Waals surface area (Å²) in [4.78, 5) is 13.9. The van der Waals surface area contributed by atoms with Crippen molar-refractivity contribution in [1.82, 2.24) is 4.90 Å². The van der Waals surface area contributed by atoms with Gasteiger partial charge in [-0.3, -0.25) is 4.79 Å². The first-order valence-electron chi connectivity index (χ1n) is 7.41. The molecule has 0 aromatic heterocycles. The van der Waals surface area contributed by atoms with Gasteiger partial charge in [0.15, 0.2) is 0 Å². The molecule has 1 saturated heterocycles. The first-order chi connectivity index (χ1) is 9.81. The number of ether oxygens (including phenoxy) is 1. The highest BCUT2D eigenvalue weighted by Crippen LogP contribution is 2.35. The summed E-state index contributed by atoms with van der Waals surface area (Å²) in [7, 11) is 1.60. The Kier molecular flexibility index (Phi) is 4.57. The number of likely N-dealkylation sites (tertiary alicyclic amines) is 1. The molecule has 0 spiro atoms. The molecule has 21 heavy (non-hydrogen) atoms. The summed E-state index contributed by atoms with van der Waals surface area (Å²) in [5.41, 5.74) is 0.895. The molecule has 1 fully saturated rings. The molecule has 0 radical (unpaired) electrons. The minimum Gasteiger partial charge on any atom is -0.497 e. The molecule has 0 saturated carbocycles. The third kappa shape index (κ3) is 3.76. The third-order valence-corrected chi connectivity index (χ3v) is 4.31. The quantitative estimate of drug-likeness (QED) is 0.927. The third-order valence-electron chi connectivity index (χ3n) is 4.31. The molecule has 1 amide bonds. The number of rotatable bonds is 4. The van der Waals surface area contributed by atoms with Crippen LogP contribution in [0.4, 0.5) is 0 Å². The first-order valence-corrected chi connectivity index (χ1v) is 7.41. The van der Waals surface area contributed by atoms with Crippen LogP contribution >= 0.6 is 0 Å². The largest absolute Gasteiger partial charge is 0.497 e. The molecule has 1 aliphatic rings. The lowest BCUT2D eigenvalue weighted by molar-refractivity contribution is -0.129. The van der Waals surface area contributed by atoms with E-state index < -0.39 is 6.10 Å². The van der Waals surface area contributed by atoms with Gasteiger partial charge in [0.05, 0.1) is 19.8 Å². The van der Waals surface area contributed by atoms with E-state index in [0.717, 1.165) is 12.1 Å². The lowest BCUT2D eigenvalue weighted by Crippen LogP contribution is -2.31. The Bertz CT molecular complexity index is 507. The summed E-state index contributed by atoms with van der Waals surface area (Å²) in [5.74, 6) is 1.20. The van der Waals surface area contributed by atoms with Gasteiger partial charge in [0.1, 0.15) is 5.75 Å². The predicted molar refractivity (Wildman–Crippen MR) is 82.1 cm³/mol. The van der Waals surface area contributed by atoms with Crippen LogP contribution in [-0.2, 0) is 4.79 Å². The number of methoxy groups -OCH3 is 1. The van der Waals surface area contributed by atoms with Gasteiger partial charge in [-0.05, 0) is 29.0 Å². The molecule has 1 N–H and O–H groups in total. The Morgan fingerprint density at radius 2 is 2.14 bits per heavy atom. The average molecular weight is 291 g/mol. The minimum absolute atomic E-state index is 0.116. The number of benzene rings is 1. The van der Waals surface area contributed by atoms with Crippen molar-refractivity contribution < 1.29 is 14.6 Å². The van der Waals surface area contributed by atoms with Gasteiger partial charge in [-0.1, -0.05) is 32.9 Å². The molecule has 1 aromatic carbocycles. The van der Waals surface area contributed by atoms with Crippen molar-refractivity contribution >= 4 is 5.91 Å². The van der Waals surface area contributed by atoms with Crippen LogP contribution in [-0.4, -0.2) is 36.1 Å². The summed E-state index contributed by atoms with van der Waals surface area (Å²) in [6.45, 7) is 7.55.